The van der Waals surface area contributed by atoms with Gasteiger partial charge in [-0.2, -0.15) is 15.5 Å². The summed E-state index contributed by atoms with van der Waals surface area (Å²) in [6, 6.07) is 6.57. The molecule has 4 aliphatic rings. The van der Waals surface area contributed by atoms with Gasteiger partial charge in [-0.15, -0.1) is 0 Å². The standard InChI is InChI=1S/C26H28N6O/c1-2-21-11-20(14-28-30-21)22-12-19(13-27)25(29-24(22)17-5-6-17)31-9-10-32(26(33)18-7-8-18)23(15-31)16-3-4-16/h2,11-12,14,16-18,23H,1,3-10,15H2. The molecule has 4 fully saturated rings. The lowest BCUT2D eigenvalue weighted by molar-refractivity contribution is -0.135. The summed E-state index contributed by atoms with van der Waals surface area (Å²) >= 11 is 0. The number of anilines is 1. The number of carbonyl (C=O) groups excluding carboxylic acids is 1. The van der Waals surface area contributed by atoms with E-state index in [1.54, 1.807) is 12.3 Å². The van der Waals surface area contributed by atoms with Gasteiger partial charge in [0, 0.05) is 42.6 Å². The van der Waals surface area contributed by atoms with E-state index in [2.05, 4.69) is 32.6 Å². The van der Waals surface area contributed by atoms with Crippen LogP contribution in [0.3, 0.4) is 0 Å². The highest BCUT2D eigenvalue weighted by Crippen LogP contribution is 2.46. The van der Waals surface area contributed by atoms with E-state index < -0.39 is 0 Å². The minimum atomic E-state index is 0.240. The first-order valence-electron chi connectivity index (χ1n) is 12.1. The van der Waals surface area contributed by atoms with Crippen molar-refractivity contribution in [3.63, 3.8) is 0 Å². The maximum absolute atomic E-state index is 12.9. The number of amides is 1. The lowest BCUT2D eigenvalue weighted by Gasteiger charge is -2.43. The van der Waals surface area contributed by atoms with E-state index in [9.17, 15) is 10.1 Å². The second-order valence-electron chi connectivity index (χ2n) is 9.91. The van der Waals surface area contributed by atoms with Gasteiger partial charge >= 0.3 is 0 Å². The average Bonchev–Trinajstić information content (AvgIpc) is 3.72. The number of aromatic nitrogens is 3. The Morgan fingerprint density at radius 1 is 1.15 bits per heavy atom. The molecule has 1 saturated heterocycles. The average molecular weight is 441 g/mol. The van der Waals surface area contributed by atoms with Crippen molar-refractivity contribution in [2.24, 2.45) is 11.8 Å². The summed E-state index contributed by atoms with van der Waals surface area (Å²) in [4.78, 5) is 22.4. The monoisotopic (exact) mass is 440 g/mol. The number of pyridine rings is 1. The predicted molar refractivity (Wildman–Crippen MR) is 125 cm³/mol. The van der Waals surface area contributed by atoms with Gasteiger partial charge in [-0.05, 0) is 62.7 Å². The Kier molecular flexibility index (Phi) is 4.90. The molecule has 1 aliphatic heterocycles. The summed E-state index contributed by atoms with van der Waals surface area (Å²) in [6.45, 7) is 6.02. The van der Waals surface area contributed by atoms with E-state index in [0.717, 1.165) is 68.0 Å². The molecule has 0 radical (unpaired) electrons. The highest BCUT2D eigenvalue weighted by atomic mass is 16.2. The zero-order chi connectivity index (χ0) is 22.5. The predicted octanol–water partition coefficient (Wildman–Crippen LogP) is 3.77. The minimum Gasteiger partial charge on any atom is -0.352 e. The quantitative estimate of drug-likeness (QED) is 0.680. The van der Waals surface area contributed by atoms with Gasteiger partial charge in [0.25, 0.3) is 0 Å². The zero-order valence-electron chi connectivity index (χ0n) is 18.8. The van der Waals surface area contributed by atoms with Gasteiger partial charge < -0.3 is 9.80 Å². The Morgan fingerprint density at radius 2 is 1.97 bits per heavy atom. The zero-order valence-corrected chi connectivity index (χ0v) is 18.8. The van der Waals surface area contributed by atoms with Crippen molar-refractivity contribution in [3.8, 4) is 17.2 Å². The highest BCUT2D eigenvalue weighted by Gasteiger charge is 2.45. The summed E-state index contributed by atoms with van der Waals surface area (Å²) in [7, 11) is 0. The van der Waals surface area contributed by atoms with Crippen molar-refractivity contribution in [1.82, 2.24) is 20.1 Å². The highest BCUT2D eigenvalue weighted by molar-refractivity contribution is 5.82. The molecule has 0 bridgehead atoms. The number of hydrogen-bond acceptors (Lipinski definition) is 6. The van der Waals surface area contributed by atoms with Crippen molar-refractivity contribution >= 4 is 17.8 Å². The molecular weight excluding hydrogens is 412 g/mol. The van der Waals surface area contributed by atoms with Crippen molar-refractivity contribution in [2.75, 3.05) is 24.5 Å². The van der Waals surface area contributed by atoms with Crippen LogP contribution in [-0.4, -0.2) is 51.7 Å². The molecule has 1 atom stereocenters. The smallest absolute Gasteiger partial charge is 0.226 e. The second-order valence-corrected chi connectivity index (χ2v) is 9.91. The summed E-state index contributed by atoms with van der Waals surface area (Å²) in [5.41, 5.74) is 4.24. The molecule has 0 N–H and O–H groups in total. The van der Waals surface area contributed by atoms with Crippen LogP contribution in [0.4, 0.5) is 5.82 Å². The molecule has 2 aromatic rings. The van der Waals surface area contributed by atoms with E-state index in [4.69, 9.17) is 4.98 Å². The molecule has 7 nitrogen and oxygen atoms in total. The van der Waals surface area contributed by atoms with Crippen molar-refractivity contribution in [2.45, 2.75) is 50.5 Å². The first-order chi connectivity index (χ1) is 16.2. The van der Waals surface area contributed by atoms with Crippen LogP contribution < -0.4 is 4.90 Å². The summed E-state index contributed by atoms with van der Waals surface area (Å²) < 4.78 is 0. The maximum atomic E-state index is 12.9. The second kappa shape index (κ2) is 7.95. The van der Waals surface area contributed by atoms with Crippen LogP contribution in [0.25, 0.3) is 17.2 Å². The molecule has 1 unspecified atom stereocenters. The summed E-state index contributed by atoms with van der Waals surface area (Å²) in [5.74, 6) is 2.38. The first-order valence-corrected chi connectivity index (χ1v) is 12.1. The minimum absolute atomic E-state index is 0.240. The van der Waals surface area contributed by atoms with E-state index in [-0.39, 0.29) is 12.0 Å². The third-order valence-electron chi connectivity index (χ3n) is 7.40. The van der Waals surface area contributed by atoms with Crippen LogP contribution in [-0.2, 0) is 4.79 Å². The molecule has 33 heavy (non-hydrogen) atoms. The van der Waals surface area contributed by atoms with E-state index in [1.165, 1.54) is 12.8 Å². The van der Waals surface area contributed by atoms with Gasteiger partial charge in [-0.3, -0.25) is 4.79 Å². The van der Waals surface area contributed by atoms with Crippen molar-refractivity contribution < 1.29 is 4.79 Å². The molecule has 3 aliphatic carbocycles. The molecule has 2 aromatic heterocycles. The number of nitriles is 1. The number of rotatable bonds is 6. The van der Waals surface area contributed by atoms with Crippen LogP contribution in [0.5, 0.6) is 0 Å². The number of hydrogen-bond donors (Lipinski definition) is 0. The molecule has 6 rings (SSSR count). The fourth-order valence-electron chi connectivity index (χ4n) is 5.10. The Balaban J connectivity index is 1.35. The molecule has 0 spiro atoms. The third kappa shape index (κ3) is 3.88. The molecule has 0 aromatic carbocycles. The van der Waals surface area contributed by atoms with Crippen LogP contribution in [0.15, 0.2) is 24.9 Å². The molecule has 1 amide bonds. The number of carbonyl (C=O) groups is 1. The lowest BCUT2D eigenvalue weighted by atomic mass is 9.99. The lowest BCUT2D eigenvalue weighted by Crippen LogP contribution is -2.57. The molecule has 3 saturated carbocycles. The van der Waals surface area contributed by atoms with Crippen LogP contribution in [0.2, 0.25) is 0 Å². The SMILES string of the molecule is C=Cc1cc(-c2cc(C#N)c(N3CCN(C(=O)C4CC4)C(C4CC4)C3)nc2C2CC2)cnn1. The fraction of sp³-hybridized carbons (Fsp3) is 0.500. The topological polar surface area (TPSA) is 86.0 Å². The van der Waals surface area contributed by atoms with E-state index in [0.29, 0.717) is 29.0 Å². The number of piperazine rings is 1. The Labute approximate surface area is 194 Å². The molecule has 168 valence electrons. The van der Waals surface area contributed by atoms with Crippen molar-refractivity contribution in [3.05, 3.63) is 41.9 Å². The summed E-state index contributed by atoms with van der Waals surface area (Å²) in [6.07, 6.45) is 10.1. The van der Waals surface area contributed by atoms with Crippen LogP contribution >= 0.6 is 0 Å². The largest absolute Gasteiger partial charge is 0.352 e. The molecule has 7 heteroatoms. The Bertz CT molecular complexity index is 1160. The van der Waals surface area contributed by atoms with Gasteiger partial charge in [0.2, 0.25) is 5.91 Å². The number of nitrogens with zero attached hydrogens (tertiary/aromatic N) is 6. The first kappa shape index (κ1) is 20.3. The van der Waals surface area contributed by atoms with Crippen molar-refractivity contribution in [1.29, 1.82) is 5.26 Å². The Hall–Kier alpha value is -3.27. The van der Waals surface area contributed by atoms with E-state index >= 15 is 0 Å². The maximum Gasteiger partial charge on any atom is 0.226 e. The van der Waals surface area contributed by atoms with Gasteiger partial charge in [0.1, 0.15) is 11.9 Å². The molecular formula is C26H28N6O. The summed E-state index contributed by atoms with van der Waals surface area (Å²) in [5, 5.41) is 18.3. The van der Waals surface area contributed by atoms with Gasteiger partial charge in [0.15, 0.2) is 0 Å². The van der Waals surface area contributed by atoms with Crippen LogP contribution in [0, 0.1) is 23.2 Å². The van der Waals surface area contributed by atoms with Crippen LogP contribution in [0.1, 0.15) is 61.4 Å². The van der Waals surface area contributed by atoms with Gasteiger partial charge in [-0.1, -0.05) is 6.58 Å². The molecule has 3 heterocycles. The fourth-order valence-corrected chi connectivity index (χ4v) is 5.10. The normalized spacial score (nSPS) is 22.7. The van der Waals surface area contributed by atoms with Gasteiger partial charge in [0.05, 0.1) is 29.2 Å². The van der Waals surface area contributed by atoms with E-state index in [1.807, 2.05) is 12.1 Å². The third-order valence-corrected chi connectivity index (χ3v) is 7.40. The van der Waals surface area contributed by atoms with Gasteiger partial charge in [-0.25, -0.2) is 4.98 Å². The Morgan fingerprint density at radius 3 is 2.64 bits per heavy atom.